The lowest BCUT2D eigenvalue weighted by Gasteiger charge is -2.18. The van der Waals surface area contributed by atoms with E-state index in [0.29, 0.717) is 11.1 Å². The van der Waals surface area contributed by atoms with Gasteiger partial charge in [-0.1, -0.05) is 30.8 Å². The van der Waals surface area contributed by atoms with Crippen LogP contribution >= 0.6 is 23.1 Å². The second-order valence-electron chi connectivity index (χ2n) is 7.64. The van der Waals surface area contributed by atoms with Gasteiger partial charge in [-0.25, -0.2) is 0 Å². The van der Waals surface area contributed by atoms with Crippen LogP contribution in [0.2, 0.25) is 0 Å². The lowest BCUT2D eigenvalue weighted by Crippen LogP contribution is -2.18. The highest BCUT2D eigenvalue weighted by Gasteiger charge is 2.33. The van der Waals surface area contributed by atoms with Crippen LogP contribution < -0.4 is 5.32 Å². The van der Waals surface area contributed by atoms with Crippen molar-refractivity contribution < 1.29 is 18.0 Å². The summed E-state index contributed by atoms with van der Waals surface area (Å²) in [4.78, 5) is 13.7. The zero-order valence-corrected chi connectivity index (χ0v) is 18.6. The molecule has 2 aromatic heterocycles. The van der Waals surface area contributed by atoms with E-state index in [1.54, 1.807) is 11.3 Å². The van der Waals surface area contributed by atoms with Crippen LogP contribution in [0, 0.1) is 5.92 Å². The number of hydrogen-bond donors (Lipinski definition) is 1. The average Bonchev–Trinajstić information content (AvgIpc) is 3.28. The molecule has 1 unspecified atom stereocenters. The fourth-order valence-corrected chi connectivity index (χ4v) is 5.65. The van der Waals surface area contributed by atoms with E-state index in [1.165, 1.54) is 28.6 Å². The summed E-state index contributed by atoms with van der Waals surface area (Å²) in [5.41, 5.74) is 1.29. The molecular weight excluding hydrogens is 445 g/mol. The molecule has 1 aliphatic rings. The Morgan fingerprint density at radius 3 is 2.87 bits per heavy atom. The number of alkyl halides is 3. The third kappa shape index (κ3) is 4.64. The molecule has 3 aromatic rings. The molecule has 1 N–H and O–H groups in total. The van der Waals surface area contributed by atoms with E-state index in [9.17, 15) is 18.0 Å². The molecule has 5 nitrogen and oxygen atoms in total. The number of nitrogens with zero attached hydrogens (tertiary/aromatic N) is 3. The molecule has 1 amide bonds. The van der Waals surface area contributed by atoms with Crippen molar-refractivity contribution >= 4 is 34.7 Å². The predicted octanol–water partition coefficient (Wildman–Crippen LogP) is 5.42. The van der Waals surface area contributed by atoms with Crippen LogP contribution in [0.15, 0.2) is 34.8 Å². The van der Waals surface area contributed by atoms with Gasteiger partial charge in [-0.05, 0) is 42.9 Å². The van der Waals surface area contributed by atoms with E-state index in [-0.39, 0.29) is 11.4 Å². The maximum Gasteiger partial charge on any atom is 0.418 e. The van der Waals surface area contributed by atoms with Crippen molar-refractivity contribution in [2.24, 2.45) is 13.0 Å². The van der Waals surface area contributed by atoms with E-state index >= 15 is 0 Å². The number of para-hydroxylation sites is 1. The number of thioether (sulfide) groups is 1. The van der Waals surface area contributed by atoms with Crippen LogP contribution in [0.1, 0.15) is 29.3 Å². The van der Waals surface area contributed by atoms with E-state index < -0.39 is 17.6 Å². The molecule has 0 saturated heterocycles. The predicted molar refractivity (Wildman–Crippen MR) is 116 cm³/mol. The molecule has 0 bridgehead atoms. The van der Waals surface area contributed by atoms with Crippen molar-refractivity contribution in [3.63, 3.8) is 0 Å². The zero-order valence-electron chi connectivity index (χ0n) is 17.0. The number of benzene rings is 1. The third-order valence-corrected chi connectivity index (χ3v) is 7.39. The standard InChI is InChI=1S/C21H21F3N4OS2/c1-12-7-8-13-14(10-30-17(13)9-12)19-26-27-20(28(19)2)31-11-18(29)25-16-6-4-3-5-15(16)21(22,23)24/h3-6,10,12H,7-9,11H2,1-2H3,(H,25,29). The Kier molecular flexibility index (Phi) is 6.11. The molecule has 1 aromatic carbocycles. The Morgan fingerprint density at radius 2 is 2.10 bits per heavy atom. The number of thiophene rings is 1. The zero-order chi connectivity index (χ0) is 22.2. The highest BCUT2D eigenvalue weighted by atomic mass is 32.2. The second kappa shape index (κ2) is 8.66. The first kappa shape index (κ1) is 21.9. The monoisotopic (exact) mass is 466 g/mol. The number of aromatic nitrogens is 3. The average molecular weight is 467 g/mol. The van der Waals surface area contributed by atoms with Gasteiger partial charge in [0.1, 0.15) is 0 Å². The van der Waals surface area contributed by atoms with Gasteiger partial charge in [-0.2, -0.15) is 13.2 Å². The minimum Gasteiger partial charge on any atom is -0.325 e. The summed E-state index contributed by atoms with van der Waals surface area (Å²) >= 11 is 2.89. The van der Waals surface area contributed by atoms with Crippen LogP contribution in [0.3, 0.4) is 0 Å². The molecule has 2 heterocycles. The Labute approximate surface area is 186 Å². The molecule has 0 aliphatic heterocycles. The quantitative estimate of drug-likeness (QED) is 0.510. The van der Waals surface area contributed by atoms with Crippen molar-refractivity contribution in [1.82, 2.24) is 14.8 Å². The van der Waals surface area contributed by atoms with Gasteiger partial charge in [-0.3, -0.25) is 4.79 Å². The van der Waals surface area contributed by atoms with Gasteiger partial charge in [0.2, 0.25) is 5.91 Å². The number of nitrogens with one attached hydrogen (secondary N) is 1. The summed E-state index contributed by atoms with van der Waals surface area (Å²) in [6, 6.07) is 4.93. The second-order valence-corrected chi connectivity index (χ2v) is 9.55. The SMILES string of the molecule is CC1CCc2c(-c3nnc(SCC(=O)Nc4ccccc4C(F)(F)F)n3C)csc2C1. The minimum atomic E-state index is -4.53. The van der Waals surface area contributed by atoms with Gasteiger partial charge in [0.05, 0.1) is 17.0 Å². The van der Waals surface area contributed by atoms with Crippen LogP contribution in [-0.4, -0.2) is 26.4 Å². The Bertz CT molecular complexity index is 1110. The normalized spacial score (nSPS) is 16.2. The summed E-state index contributed by atoms with van der Waals surface area (Å²) in [6.07, 6.45) is -1.28. The molecule has 10 heteroatoms. The first-order valence-corrected chi connectivity index (χ1v) is 11.7. The number of anilines is 1. The summed E-state index contributed by atoms with van der Waals surface area (Å²) < 4.78 is 41.1. The maximum absolute atomic E-state index is 13.1. The topological polar surface area (TPSA) is 59.8 Å². The van der Waals surface area contributed by atoms with E-state index in [4.69, 9.17) is 0 Å². The molecule has 4 rings (SSSR count). The number of carbonyl (C=O) groups excluding carboxylic acids is 1. The number of halogens is 3. The molecule has 0 fully saturated rings. The molecule has 0 radical (unpaired) electrons. The Hall–Kier alpha value is -2.33. The molecule has 0 saturated carbocycles. The maximum atomic E-state index is 13.1. The lowest BCUT2D eigenvalue weighted by atomic mass is 9.88. The van der Waals surface area contributed by atoms with Crippen LogP contribution in [0.5, 0.6) is 0 Å². The number of hydrogen-bond acceptors (Lipinski definition) is 5. The van der Waals surface area contributed by atoms with Crippen LogP contribution in [-0.2, 0) is 30.9 Å². The van der Waals surface area contributed by atoms with E-state index in [0.717, 1.165) is 48.5 Å². The largest absolute Gasteiger partial charge is 0.418 e. The van der Waals surface area contributed by atoms with Crippen molar-refractivity contribution in [1.29, 1.82) is 0 Å². The van der Waals surface area contributed by atoms with Crippen LogP contribution in [0.4, 0.5) is 18.9 Å². The number of amides is 1. The Balaban J connectivity index is 1.44. The molecule has 31 heavy (non-hydrogen) atoms. The molecule has 1 atom stereocenters. The fourth-order valence-electron chi connectivity index (χ4n) is 3.70. The van der Waals surface area contributed by atoms with Gasteiger partial charge < -0.3 is 9.88 Å². The third-order valence-electron chi connectivity index (χ3n) is 5.32. The van der Waals surface area contributed by atoms with Gasteiger partial charge in [0, 0.05) is 22.9 Å². The lowest BCUT2D eigenvalue weighted by molar-refractivity contribution is -0.137. The highest BCUT2D eigenvalue weighted by Crippen LogP contribution is 2.38. The summed E-state index contributed by atoms with van der Waals surface area (Å²) in [5, 5.41) is 13.5. The summed E-state index contributed by atoms with van der Waals surface area (Å²) in [5.74, 6) is 0.827. The summed E-state index contributed by atoms with van der Waals surface area (Å²) in [6.45, 7) is 2.26. The molecular formula is C21H21F3N4OS2. The summed E-state index contributed by atoms with van der Waals surface area (Å²) in [7, 11) is 1.84. The fraction of sp³-hybridized carbons (Fsp3) is 0.381. The molecule has 164 valence electrons. The molecule has 1 aliphatic carbocycles. The van der Waals surface area contributed by atoms with Crippen molar-refractivity contribution in [3.8, 4) is 11.4 Å². The van der Waals surface area contributed by atoms with Crippen molar-refractivity contribution in [2.75, 3.05) is 11.1 Å². The van der Waals surface area contributed by atoms with Crippen molar-refractivity contribution in [2.45, 2.75) is 37.5 Å². The first-order chi connectivity index (χ1) is 14.7. The van der Waals surface area contributed by atoms with E-state index in [2.05, 4.69) is 27.8 Å². The van der Waals surface area contributed by atoms with E-state index in [1.807, 2.05) is 11.6 Å². The van der Waals surface area contributed by atoms with Gasteiger partial charge >= 0.3 is 6.18 Å². The van der Waals surface area contributed by atoms with Gasteiger partial charge in [0.15, 0.2) is 11.0 Å². The minimum absolute atomic E-state index is 0.0720. The number of rotatable bonds is 5. The number of carbonyl (C=O) groups is 1. The first-order valence-electron chi connectivity index (χ1n) is 9.82. The molecule has 0 spiro atoms. The number of fused-ring (bicyclic) bond motifs is 1. The highest BCUT2D eigenvalue weighted by molar-refractivity contribution is 7.99. The van der Waals surface area contributed by atoms with Crippen LogP contribution in [0.25, 0.3) is 11.4 Å². The van der Waals surface area contributed by atoms with Gasteiger partial charge in [-0.15, -0.1) is 21.5 Å². The smallest absolute Gasteiger partial charge is 0.325 e. The Morgan fingerprint density at radius 1 is 1.32 bits per heavy atom. The van der Waals surface area contributed by atoms with Crippen molar-refractivity contribution in [3.05, 3.63) is 45.6 Å². The van der Waals surface area contributed by atoms with Gasteiger partial charge in [0.25, 0.3) is 0 Å².